The molecule has 4 rings (SSSR count). The zero-order valence-electron chi connectivity index (χ0n) is 13.4. The van der Waals surface area contributed by atoms with Gasteiger partial charge in [-0.1, -0.05) is 29.4 Å². The van der Waals surface area contributed by atoms with Crippen molar-refractivity contribution < 1.29 is 9.26 Å². The highest BCUT2D eigenvalue weighted by atomic mass is 16.5. The number of nitrogens with two attached hydrogens (primary N) is 1. The van der Waals surface area contributed by atoms with Gasteiger partial charge in [0.25, 0.3) is 0 Å². The third-order valence-electron chi connectivity index (χ3n) is 4.68. The quantitative estimate of drug-likeness (QED) is 0.794. The van der Waals surface area contributed by atoms with Crippen molar-refractivity contribution in [3.05, 3.63) is 42.4 Å². The van der Waals surface area contributed by atoms with Crippen LogP contribution in [0.15, 0.2) is 41.1 Å². The van der Waals surface area contributed by atoms with E-state index in [-0.39, 0.29) is 5.54 Å². The highest BCUT2D eigenvalue weighted by molar-refractivity contribution is 5.92. The molecule has 1 saturated heterocycles. The van der Waals surface area contributed by atoms with Crippen LogP contribution in [0.4, 0.5) is 0 Å². The van der Waals surface area contributed by atoms with Gasteiger partial charge in [0.2, 0.25) is 11.7 Å². The number of pyridine rings is 1. The molecule has 124 valence electrons. The first-order chi connectivity index (χ1) is 11.7. The van der Waals surface area contributed by atoms with Gasteiger partial charge in [-0.05, 0) is 30.7 Å². The molecule has 2 aromatic heterocycles. The van der Waals surface area contributed by atoms with Crippen LogP contribution in [0.5, 0.6) is 0 Å². The average Bonchev–Trinajstić information content (AvgIpc) is 3.09. The number of aryl methyl sites for hydroxylation is 1. The fraction of sp³-hybridized carbons (Fsp3) is 0.389. The predicted octanol–water partition coefficient (Wildman–Crippen LogP) is 2.73. The second-order valence-corrected chi connectivity index (χ2v) is 6.37. The Labute approximate surface area is 140 Å². The molecule has 1 aromatic carbocycles. The largest absolute Gasteiger partial charge is 0.381 e. The molecule has 0 saturated carbocycles. The van der Waals surface area contributed by atoms with Gasteiger partial charge >= 0.3 is 0 Å². The molecule has 6 nitrogen and oxygen atoms in total. The molecule has 0 radical (unpaired) electrons. The van der Waals surface area contributed by atoms with Gasteiger partial charge in [0.05, 0.1) is 0 Å². The molecule has 3 heterocycles. The summed E-state index contributed by atoms with van der Waals surface area (Å²) in [4.78, 5) is 8.95. The molecule has 1 aliphatic rings. The maximum atomic E-state index is 6.42. The molecule has 0 atom stereocenters. The Balaban J connectivity index is 1.54. The maximum absolute atomic E-state index is 6.42. The number of ether oxygens (including phenoxy) is 1. The lowest BCUT2D eigenvalue weighted by Crippen LogP contribution is -2.45. The van der Waals surface area contributed by atoms with Crippen LogP contribution in [-0.4, -0.2) is 33.9 Å². The standard InChI is InChI=1S/C18H20N4O2/c19-18(8-11-23-12-9-18)7-5-15-21-17(22-24-15)16-14-4-2-1-3-13(14)6-10-20-16/h1-4,6,10H,5,7-9,11-12,19H2. The fourth-order valence-electron chi connectivity index (χ4n) is 3.13. The third kappa shape index (κ3) is 3.02. The van der Waals surface area contributed by atoms with E-state index in [1.165, 1.54) is 0 Å². The first-order valence-electron chi connectivity index (χ1n) is 8.27. The summed E-state index contributed by atoms with van der Waals surface area (Å²) in [5.41, 5.74) is 6.97. The summed E-state index contributed by atoms with van der Waals surface area (Å²) >= 11 is 0. The van der Waals surface area contributed by atoms with Crippen molar-refractivity contribution in [2.24, 2.45) is 5.73 Å². The number of hydrogen-bond acceptors (Lipinski definition) is 6. The summed E-state index contributed by atoms with van der Waals surface area (Å²) in [6.07, 6.45) is 5.01. The van der Waals surface area contributed by atoms with Gasteiger partial charge in [-0.15, -0.1) is 0 Å². The Morgan fingerprint density at radius 2 is 1.96 bits per heavy atom. The minimum atomic E-state index is -0.190. The van der Waals surface area contributed by atoms with Crippen molar-refractivity contribution >= 4 is 10.8 Å². The molecular weight excluding hydrogens is 304 g/mol. The smallest absolute Gasteiger partial charge is 0.227 e. The van der Waals surface area contributed by atoms with Crippen molar-refractivity contribution in [3.8, 4) is 11.5 Å². The molecule has 3 aromatic rings. The highest BCUT2D eigenvalue weighted by Crippen LogP contribution is 2.26. The zero-order valence-corrected chi connectivity index (χ0v) is 13.4. The van der Waals surface area contributed by atoms with Gasteiger partial charge in [-0.3, -0.25) is 4.98 Å². The van der Waals surface area contributed by atoms with Crippen molar-refractivity contribution in [2.45, 2.75) is 31.2 Å². The van der Waals surface area contributed by atoms with Gasteiger partial charge in [-0.25, -0.2) is 0 Å². The Morgan fingerprint density at radius 3 is 2.83 bits per heavy atom. The van der Waals surface area contributed by atoms with Gasteiger partial charge in [-0.2, -0.15) is 4.98 Å². The normalized spacial score (nSPS) is 17.2. The molecule has 6 heteroatoms. The molecule has 0 amide bonds. The lowest BCUT2D eigenvalue weighted by molar-refractivity contribution is 0.0496. The topological polar surface area (TPSA) is 87.1 Å². The summed E-state index contributed by atoms with van der Waals surface area (Å²) in [5.74, 6) is 1.14. The molecule has 24 heavy (non-hydrogen) atoms. The Hall–Kier alpha value is -2.31. The Kier molecular flexibility index (Phi) is 4.00. The lowest BCUT2D eigenvalue weighted by Gasteiger charge is -2.32. The van der Waals surface area contributed by atoms with E-state index in [0.717, 1.165) is 48.9 Å². The first kappa shape index (κ1) is 15.2. The minimum Gasteiger partial charge on any atom is -0.381 e. The van der Waals surface area contributed by atoms with Crippen LogP contribution in [0.1, 0.15) is 25.2 Å². The van der Waals surface area contributed by atoms with Crippen molar-refractivity contribution in [1.82, 2.24) is 15.1 Å². The second-order valence-electron chi connectivity index (χ2n) is 6.37. The second kappa shape index (κ2) is 6.30. The summed E-state index contributed by atoms with van der Waals surface area (Å²) in [6.45, 7) is 1.46. The zero-order chi connectivity index (χ0) is 16.4. The van der Waals surface area contributed by atoms with E-state index in [9.17, 15) is 0 Å². The van der Waals surface area contributed by atoms with Gasteiger partial charge in [0, 0.05) is 36.8 Å². The highest BCUT2D eigenvalue weighted by Gasteiger charge is 2.28. The average molecular weight is 324 g/mol. The van der Waals surface area contributed by atoms with Crippen LogP contribution in [0.3, 0.4) is 0 Å². The molecule has 0 spiro atoms. The minimum absolute atomic E-state index is 0.190. The maximum Gasteiger partial charge on any atom is 0.227 e. The third-order valence-corrected chi connectivity index (χ3v) is 4.68. The molecule has 2 N–H and O–H groups in total. The first-order valence-corrected chi connectivity index (χ1v) is 8.27. The van der Waals surface area contributed by atoms with Crippen LogP contribution in [0, 0.1) is 0 Å². The van der Waals surface area contributed by atoms with E-state index in [1.807, 2.05) is 30.3 Å². The number of aromatic nitrogens is 3. The number of benzene rings is 1. The fourth-order valence-corrected chi connectivity index (χ4v) is 3.13. The predicted molar refractivity (Wildman–Crippen MR) is 90.3 cm³/mol. The van der Waals surface area contributed by atoms with Gasteiger partial charge in [0.1, 0.15) is 5.69 Å². The Bertz CT molecular complexity index is 834. The van der Waals surface area contributed by atoms with Crippen molar-refractivity contribution in [3.63, 3.8) is 0 Å². The summed E-state index contributed by atoms with van der Waals surface area (Å²) in [6, 6.07) is 10.0. The molecule has 0 unspecified atom stereocenters. The number of fused-ring (bicyclic) bond motifs is 1. The molecule has 1 aliphatic heterocycles. The lowest BCUT2D eigenvalue weighted by atomic mass is 9.86. The summed E-state index contributed by atoms with van der Waals surface area (Å²) < 4.78 is 10.8. The number of rotatable bonds is 4. The van der Waals surface area contributed by atoms with E-state index < -0.39 is 0 Å². The van der Waals surface area contributed by atoms with Crippen LogP contribution >= 0.6 is 0 Å². The van der Waals surface area contributed by atoms with E-state index in [2.05, 4.69) is 15.1 Å². The summed E-state index contributed by atoms with van der Waals surface area (Å²) in [7, 11) is 0. The van der Waals surface area contributed by atoms with E-state index in [4.69, 9.17) is 15.0 Å². The van der Waals surface area contributed by atoms with Gasteiger partial charge in [0.15, 0.2) is 0 Å². The van der Waals surface area contributed by atoms with E-state index in [0.29, 0.717) is 18.1 Å². The molecular formula is C18H20N4O2. The van der Waals surface area contributed by atoms with E-state index in [1.54, 1.807) is 6.20 Å². The number of nitrogens with zero attached hydrogens (tertiary/aromatic N) is 3. The monoisotopic (exact) mass is 324 g/mol. The van der Waals surface area contributed by atoms with E-state index >= 15 is 0 Å². The SMILES string of the molecule is NC1(CCc2nc(-c3nccc4ccccc34)no2)CCOCC1. The van der Waals surface area contributed by atoms with Crippen molar-refractivity contribution in [2.75, 3.05) is 13.2 Å². The van der Waals surface area contributed by atoms with Crippen LogP contribution < -0.4 is 5.73 Å². The van der Waals surface area contributed by atoms with Crippen LogP contribution in [0.2, 0.25) is 0 Å². The molecule has 0 aliphatic carbocycles. The van der Waals surface area contributed by atoms with Crippen molar-refractivity contribution in [1.29, 1.82) is 0 Å². The summed E-state index contributed by atoms with van der Waals surface area (Å²) in [5, 5.41) is 6.24. The van der Waals surface area contributed by atoms with Crippen LogP contribution in [-0.2, 0) is 11.2 Å². The van der Waals surface area contributed by atoms with Crippen LogP contribution in [0.25, 0.3) is 22.3 Å². The molecule has 1 fully saturated rings. The Morgan fingerprint density at radius 1 is 1.12 bits per heavy atom. The molecule has 0 bridgehead atoms. The number of hydrogen-bond donors (Lipinski definition) is 1. The van der Waals surface area contributed by atoms with Gasteiger partial charge < -0.3 is 15.0 Å².